The smallest absolute Gasteiger partial charge is 0.141 e. The molecule has 3 aromatic rings. The minimum absolute atomic E-state index is 0.378. The Morgan fingerprint density at radius 3 is 2.81 bits per heavy atom. The number of aromatic nitrogens is 3. The lowest BCUT2D eigenvalue weighted by Gasteiger charge is -2.02. The highest BCUT2D eigenvalue weighted by Gasteiger charge is 2.10. The molecule has 2 N–H and O–H groups in total. The van der Waals surface area contributed by atoms with Gasteiger partial charge in [0.1, 0.15) is 11.5 Å². The van der Waals surface area contributed by atoms with Gasteiger partial charge in [-0.1, -0.05) is 29.8 Å². The zero-order valence-electron chi connectivity index (χ0n) is 11.6. The van der Waals surface area contributed by atoms with Crippen LogP contribution in [-0.4, -0.2) is 14.8 Å². The number of halogens is 1. The van der Waals surface area contributed by atoms with Crippen LogP contribution < -0.4 is 5.73 Å². The predicted octanol–water partition coefficient (Wildman–Crippen LogP) is 3.02. The fourth-order valence-electron chi connectivity index (χ4n) is 2.23. The van der Waals surface area contributed by atoms with Gasteiger partial charge in [-0.05, 0) is 24.6 Å². The highest BCUT2D eigenvalue weighted by atomic mass is 19.1. The van der Waals surface area contributed by atoms with Gasteiger partial charge in [0.05, 0.1) is 24.1 Å². The summed E-state index contributed by atoms with van der Waals surface area (Å²) < 4.78 is 14.7. The summed E-state index contributed by atoms with van der Waals surface area (Å²) in [4.78, 5) is 4.01. The Morgan fingerprint density at radius 2 is 2.10 bits per heavy atom. The molecule has 4 nitrogen and oxygen atoms in total. The number of nitrogens with zero attached hydrogens (tertiary/aromatic N) is 3. The molecule has 5 heteroatoms. The van der Waals surface area contributed by atoms with E-state index in [1.54, 1.807) is 16.9 Å². The maximum atomic E-state index is 12.9. The van der Waals surface area contributed by atoms with Crippen molar-refractivity contribution in [3.63, 3.8) is 0 Å². The number of rotatable bonds is 3. The van der Waals surface area contributed by atoms with E-state index in [1.165, 1.54) is 11.6 Å². The van der Waals surface area contributed by atoms with E-state index in [2.05, 4.69) is 29.1 Å². The molecule has 0 aliphatic rings. The third-order valence-electron chi connectivity index (χ3n) is 3.19. The normalized spacial score (nSPS) is 10.8. The van der Waals surface area contributed by atoms with E-state index in [0.29, 0.717) is 23.6 Å². The van der Waals surface area contributed by atoms with Gasteiger partial charge in [-0.2, -0.15) is 5.10 Å². The number of pyridine rings is 1. The first kappa shape index (κ1) is 13.3. The second kappa shape index (κ2) is 5.36. The second-order valence-corrected chi connectivity index (χ2v) is 4.98. The van der Waals surface area contributed by atoms with Crippen LogP contribution in [0.5, 0.6) is 0 Å². The first-order valence-electron chi connectivity index (χ1n) is 6.62. The van der Waals surface area contributed by atoms with Crippen molar-refractivity contribution in [1.29, 1.82) is 0 Å². The summed E-state index contributed by atoms with van der Waals surface area (Å²) >= 11 is 0. The molecule has 2 heterocycles. The number of nitrogens with two attached hydrogens (primary N) is 1. The zero-order valence-corrected chi connectivity index (χ0v) is 11.6. The fraction of sp³-hybridized carbons (Fsp3) is 0.125. The van der Waals surface area contributed by atoms with Crippen molar-refractivity contribution in [1.82, 2.24) is 14.8 Å². The lowest BCUT2D eigenvalue weighted by molar-refractivity contribution is 0.621. The molecule has 21 heavy (non-hydrogen) atoms. The highest BCUT2D eigenvalue weighted by molar-refractivity contribution is 5.68. The molecule has 0 bridgehead atoms. The molecule has 0 aliphatic carbocycles. The molecule has 106 valence electrons. The number of benzene rings is 1. The topological polar surface area (TPSA) is 56.7 Å². The van der Waals surface area contributed by atoms with Crippen LogP contribution >= 0.6 is 0 Å². The van der Waals surface area contributed by atoms with Gasteiger partial charge in [-0.15, -0.1) is 0 Å². The number of nitrogen functional groups attached to an aromatic ring is 1. The van der Waals surface area contributed by atoms with Crippen molar-refractivity contribution >= 4 is 5.69 Å². The molecular weight excluding hydrogens is 267 g/mol. The van der Waals surface area contributed by atoms with Gasteiger partial charge in [-0.25, -0.2) is 4.39 Å². The Bertz CT molecular complexity index is 762. The average molecular weight is 282 g/mol. The molecule has 0 radical (unpaired) electrons. The van der Waals surface area contributed by atoms with Crippen molar-refractivity contribution in [2.24, 2.45) is 0 Å². The molecule has 0 spiro atoms. The van der Waals surface area contributed by atoms with Gasteiger partial charge in [0.2, 0.25) is 0 Å². The van der Waals surface area contributed by atoms with E-state index in [4.69, 9.17) is 5.73 Å². The summed E-state index contributed by atoms with van der Waals surface area (Å²) in [7, 11) is 0. The summed E-state index contributed by atoms with van der Waals surface area (Å²) in [6.07, 6.45) is 2.93. The van der Waals surface area contributed by atoms with E-state index in [1.807, 2.05) is 12.1 Å². The van der Waals surface area contributed by atoms with E-state index < -0.39 is 0 Å². The van der Waals surface area contributed by atoms with Gasteiger partial charge in [0, 0.05) is 6.20 Å². The van der Waals surface area contributed by atoms with Crippen LogP contribution in [0.25, 0.3) is 11.4 Å². The Labute approximate surface area is 122 Å². The monoisotopic (exact) mass is 282 g/mol. The van der Waals surface area contributed by atoms with E-state index in [-0.39, 0.29) is 5.82 Å². The van der Waals surface area contributed by atoms with Gasteiger partial charge in [0.15, 0.2) is 0 Å². The molecule has 0 amide bonds. The molecule has 0 unspecified atom stereocenters. The van der Waals surface area contributed by atoms with Crippen LogP contribution in [0.15, 0.2) is 48.8 Å². The average Bonchev–Trinajstić information content (AvgIpc) is 2.80. The van der Waals surface area contributed by atoms with Crippen LogP contribution in [0.1, 0.15) is 11.1 Å². The minimum atomic E-state index is -0.378. The Kier molecular flexibility index (Phi) is 3.39. The molecule has 0 fully saturated rings. The molecule has 0 atom stereocenters. The quantitative estimate of drug-likeness (QED) is 0.803. The zero-order chi connectivity index (χ0) is 14.8. The van der Waals surface area contributed by atoms with Crippen molar-refractivity contribution in [2.75, 3.05) is 5.73 Å². The lowest BCUT2D eigenvalue weighted by atomic mass is 10.1. The Hall–Kier alpha value is -2.69. The largest absolute Gasteiger partial charge is 0.396 e. The van der Waals surface area contributed by atoms with E-state index >= 15 is 0 Å². The maximum Gasteiger partial charge on any atom is 0.141 e. The van der Waals surface area contributed by atoms with Crippen LogP contribution in [0, 0.1) is 12.7 Å². The summed E-state index contributed by atoms with van der Waals surface area (Å²) in [6.45, 7) is 2.68. The second-order valence-electron chi connectivity index (χ2n) is 4.98. The molecule has 3 rings (SSSR count). The van der Waals surface area contributed by atoms with Crippen LogP contribution in [-0.2, 0) is 6.54 Å². The standard InChI is InChI=1S/C16H15FN4/c1-11-3-2-4-12(7-11)9-21-10-14(18)16(20-21)15-6-5-13(17)8-19-15/h2-8,10H,9,18H2,1H3. The highest BCUT2D eigenvalue weighted by Crippen LogP contribution is 2.22. The maximum absolute atomic E-state index is 12.9. The van der Waals surface area contributed by atoms with Crippen LogP contribution in [0.2, 0.25) is 0 Å². The number of hydrogen-bond donors (Lipinski definition) is 1. The summed E-state index contributed by atoms with van der Waals surface area (Å²) in [5.41, 5.74) is 10.00. The van der Waals surface area contributed by atoms with E-state index in [0.717, 1.165) is 11.8 Å². The Balaban J connectivity index is 1.89. The molecule has 0 saturated carbocycles. The summed E-state index contributed by atoms with van der Waals surface area (Å²) in [5.74, 6) is -0.378. The van der Waals surface area contributed by atoms with E-state index in [9.17, 15) is 4.39 Å². The third kappa shape index (κ3) is 2.91. The lowest BCUT2D eigenvalue weighted by Crippen LogP contribution is -2.00. The molecule has 1 aromatic carbocycles. The van der Waals surface area contributed by atoms with Gasteiger partial charge in [-0.3, -0.25) is 9.67 Å². The Morgan fingerprint density at radius 1 is 1.24 bits per heavy atom. The molecular formula is C16H15FN4. The molecule has 0 aliphatic heterocycles. The van der Waals surface area contributed by atoms with Crippen molar-refractivity contribution in [3.8, 4) is 11.4 Å². The van der Waals surface area contributed by atoms with Gasteiger partial charge >= 0.3 is 0 Å². The van der Waals surface area contributed by atoms with Crippen molar-refractivity contribution in [2.45, 2.75) is 13.5 Å². The van der Waals surface area contributed by atoms with Crippen molar-refractivity contribution < 1.29 is 4.39 Å². The molecule has 2 aromatic heterocycles. The number of aryl methyl sites for hydroxylation is 1. The van der Waals surface area contributed by atoms with Gasteiger partial charge in [0.25, 0.3) is 0 Å². The summed E-state index contributed by atoms with van der Waals surface area (Å²) in [5, 5.41) is 4.44. The van der Waals surface area contributed by atoms with Gasteiger partial charge < -0.3 is 5.73 Å². The number of anilines is 1. The predicted molar refractivity (Wildman–Crippen MR) is 80.1 cm³/mol. The van der Waals surface area contributed by atoms with Crippen molar-refractivity contribution in [3.05, 3.63) is 65.7 Å². The fourth-order valence-corrected chi connectivity index (χ4v) is 2.23. The first-order valence-corrected chi connectivity index (χ1v) is 6.62. The minimum Gasteiger partial charge on any atom is -0.396 e. The first-order chi connectivity index (χ1) is 10.1. The summed E-state index contributed by atoms with van der Waals surface area (Å²) in [6, 6.07) is 11.1. The SMILES string of the molecule is Cc1cccc(Cn2cc(N)c(-c3ccc(F)cn3)n2)c1. The van der Waals surface area contributed by atoms with Crippen LogP contribution in [0.4, 0.5) is 10.1 Å². The molecule has 0 saturated heterocycles. The van der Waals surface area contributed by atoms with Crippen LogP contribution in [0.3, 0.4) is 0 Å². The third-order valence-corrected chi connectivity index (χ3v) is 3.19. The number of hydrogen-bond acceptors (Lipinski definition) is 3.